The van der Waals surface area contributed by atoms with Gasteiger partial charge in [-0.2, -0.15) is 0 Å². The van der Waals surface area contributed by atoms with E-state index < -0.39 is 0 Å². The molecule has 0 fully saturated rings. The summed E-state index contributed by atoms with van der Waals surface area (Å²) in [4.78, 5) is 14.0. The van der Waals surface area contributed by atoms with Crippen LogP contribution in [0, 0.1) is 0 Å². The van der Waals surface area contributed by atoms with E-state index in [1.165, 1.54) is 0 Å². The molecule has 0 saturated carbocycles. The van der Waals surface area contributed by atoms with Crippen molar-refractivity contribution in [2.75, 3.05) is 14.2 Å². The minimum Gasteiger partial charge on any atom is -0.495 e. The molecule has 3 rings (SSSR count). The lowest BCUT2D eigenvalue weighted by molar-refractivity contribution is 0.0942. The Morgan fingerprint density at radius 1 is 1.04 bits per heavy atom. The molecule has 0 aliphatic rings. The van der Waals surface area contributed by atoms with Gasteiger partial charge in [0.1, 0.15) is 16.0 Å². The summed E-state index contributed by atoms with van der Waals surface area (Å²) in [7, 11) is 3.11. The van der Waals surface area contributed by atoms with Gasteiger partial charge in [-0.15, -0.1) is 11.3 Å². The van der Waals surface area contributed by atoms with Crippen molar-refractivity contribution in [3.05, 3.63) is 80.5 Å². The second-order valence-electron chi connectivity index (χ2n) is 5.53. The lowest BCUT2D eigenvalue weighted by Crippen LogP contribution is -2.28. The summed E-state index contributed by atoms with van der Waals surface area (Å²) < 4.78 is 11.3. The van der Waals surface area contributed by atoms with Crippen LogP contribution in [0.2, 0.25) is 0 Å². The number of rotatable bonds is 6. The summed E-state index contributed by atoms with van der Waals surface area (Å²) in [5, 5.41) is 5.12. The van der Waals surface area contributed by atoms with Gasteiger partial charge in [-0.1, -0.05) is 36.4 Å². The van der Waals surface area contributed by atoms with Crippen LogP contribution in [0.3, 0.4) is 0 Å². The Hall–Kier alpha value is -2.31. The first-order valence-electron chi connectivity index (χ1n) is 7.94. The first-order chi connectivity index (χ1) is 12.6. The van der Waals surface area contributed by atoms with Crippen molar-refractivity contribution in [1.29, 1.82) is 0 Å². The van der Waals surface area contributed by atoms with Crippen molar-refractivity contribution in [2.24, 2.45) is 0 Å². The molecule has 0 aliphatic heterocycles. The molecular weight excluding hydrogens is 414 g/mol. The van der Waals surface area contributed by atoms with E-state index in [2.05, 4.69) is 21.2 Å². The fraction of sp³-hybridized carbons (Fsp3) is 0.150. The average molecular weight is 432 g/mol. The second-order valence-corrected chi connectivity index (χ2v) is 7.30. The van der Waals surface area contributed by atoms with Crippen LogP contribution in [0.5, 0.6) is 11.5 Å². The number of thiophene rings is 1. The number of amides is 1. The molecule has 0 spiro atoms. The minimum absolute atomic E-state index is 0.198. The number of carbonyl (C=O) groups is 1. The van der Waals surface area contributed by atoms with Crippen LogP contribution in [0.25, 0.3) is 0 Å². The first kappa shape index (κ1) is 18.5. The van der Waals surface area contributed by atoms with E-state index in [1.807, 2.05) is 47.8 Å². The van der Waals surface area contributed by atoms with E-state index >= 15 is 0 Å². The molecule has 0 radical (unpaired) electrons. The van der Waals surface area contributed by atoms with E-state index in [4.69, 9.17) is 9.47 Å². The zero-order valence-electron chi connectivity index (χ0n) is 14.4. The molecule has 0 bridgehead atoms. The van der Waals surface area contributed by atoms with Gasteiger partial charge in [0.15, 0.2) is 0 Å². The molecular formula is C20H18BrNO3S. The van der Waals surface area contributed by atoms with Gasteiger partial charge in [-0.05, 0) is 45.1 Å². The molecule has 3 aromatic rings. The number of halogens is 1. The van der Waals surface area contributed by atoms with Crippen molar-refractivity contribution < 1.29 is 14.3 Å². The number of hydrogen-bond acceptors (Lipinski definition) is 4. The summed E-state index contributed by atoms with van der Waals surface area (Å²) in [5.41, 5.74) is 1.50. The van der Waals surface area contributed by atoms with Crippen molar-refractivity contribution in [2.45, 2.75) is 6.04 Å². The number of benzene rings is 2. The van der Waals surface area contributed by atoms with Gasteiger partial charge in [0.2, 0.25) is 0 Å². The van der Waals surface area contributed by atoms with Crippen molar-refractivity contribution in [3.8, 4) is 11.5 Å². The van der Waals surface area contributed by atoms with Crippen LogP contribution in [0.4, 0.5) is 0 Å². The zero-order valence-corrected chi connectivity index (χ0v) is 16.8. The topological polar surface area (TPSA) is 47.6 Å². The minimum atomic E-state index is -0.218. The number of carbonyl (C=O) groups excluding carboxylic acids is 1. The van der Waals surface area contributed by atoms with Crippen LogP contribution >= 0.6 is 27.3 Å². The van der Waals surface area contributed by atoms with E-state index in [0.29, 0.717) is 21.5 Å². The molecule has 6 heteroatoms. The third-order valence-corrected chi connectivity index (χ3v) is 5.66. The maximum atomic E-state index is 12.9. The molecule has 1 heterocycles. The molecule has 1 aromatic heterocycles. The first-order valence-corrected chi connectivity index (χ1v) is 9.62. The summed E-state index contributed by atoms with van der Waals surface area (Å²) in [6, 6.07) is 17.1. The normalized spacial score (nSPS) is 11.7. The molecule has 0 aliphatic carbocycles. The van der Waals surface area contributed by atoms with Gasteiger partial charge in [-0.3, -0.25) is 4.79 Å². The highest BCUT2D eigenvalue weighted by Gasteiger charge is 2.20. The Bertz CT molecular complexity index is 856. The third-order valence-electron chi connectivity index (χ3n) is 3.94. The highest BCUT2D eigenvalue weighted by molar-refractivity contribution is 9.10. The highest BCUT2D eigenvalue weighted by Crippen LogP contribution is 2.36. The van der Waals surface area contributed by atoms with Crippen molar-refractivity contribution in [3.63, 3.8) is 0 Å². The van der Waals surface area contributed by atoms with Crippen molar-refractivity contribution >= 4 is 33.2 Å². The fourth-order valence-electron chi connectivity index (χ4n) is 2.63. The molecule has 1 N–H and O–H groups in total. The number of hydrogen-bond donors (Lipinski definition) is 1. The largest absolute Gasteiger partial charge is 0.495 e. The van der Waals surface area contributed by atoms with Gasteiger partial charge < -0.3 is 14.8 Å². The van der Waals surface area contributed by atoms with Gasteiger partial charge in [0.25, 0.3) is 5.91 Å². The van der Waals surface area contributed by atoms with Crippen LogP contribution in [-0.2, 0) is 0 Å². The Morgan fingerprint density at radius 2 is 1.69 bits per heavy atom. The van der Waals surface area contributed by atoms with Crippen LogP contribution in [-0.4, -0.2) is 20.1 Å². The van der Waals surface area contributed by atoms with Crippen LogP contribution in [0.1, 0.15) is 26.8 Å². The lowest BCUT2D eigenvalue weighted by atomic mass is 10.0. The molecule has 0 saturated heterocycles. The number of nitrogens with one attached hydrogen (secondary N) is 1. The van der Waals surface area contributed by atoms with Gasteiger partial charge in [-0.25, -0.2) is 0 Å². The van der Waals surface area contributed by atoms with E-state index in [9.17, 15) is 4.79 Å². The summed E-state index contributed by atoms with van der Waals surface area (Å²) in [6.07, 6.45) is 0. The predicted octanol–water partition coefficient (Wildman–Crippen LogP) is 5.05. The lowest BCUT2D eigenvalue weighted by Gasteiger charge is -2.19. The smallest absolute Gasteiger partial charge is 0.252 e. The Balaban J connectivity index is 1.94. The van der Waals surface area contributed by atoms with Gasteiger partial charge >= 0.3 is 0 Å². The molecule has 1 atom stereocenters. The zero-order chi connectivity index (χ0) is 18.5. The predicted molar refractivity (Wildman–Crippen MR) is 107 cm³/mol. The van der Waals surface area contributed by atoms with Gasteiger partial charge in [0.05, 0.1) is 20.3 Å². The van der Waals surface area contributed by atoms with Crippen molar-refractivity contribution in [1.82, 2.24) is 5.32 Å². The highest BCUT2D eigenvalue weighted by atomic mass is 79.9. The average Bonchev–Trinajstić information content (AvgIpc) is 3.21. The Morgan fingerprint density at radius 3 is 2.23 bits per heavy atom. The molecule has 4 nitrogen and oxygen atoms in total. The van der Waals surface area contributed by atoms with Gasteiger partial charge in [0, 0.05) is 10.4 Å². The Labute approximate surface area is 164 Å². The number of ether oxygens (including phenoxy) is 2. The summed E-state index contributed by atoms with van der Waals surface area (Å²) >= 11 is 5.03. The van der Waals surface area contributed by atoms with Crippen LogP contribution in [0.15, 0.2) is 64.5 Å². The van der Waals surface area contributed by atoms with Crippen LogP contribution < -0.4 is 14.8 Å². The second kappa shape index (κ2) is 8.38. The molecule has 1 amide bonds. The standard InChI is InChI=1S/C20H18BrNO3S/c1-24-15-11-14(12-16(25-2)18(15)21)20(23)22-19(17-9-6-10-26-17)13-7-4-3-5-8-13/h3-12,19H,1-2H3,(H,22,23). The molecule has 26 heavy (non-hydrogen) atoms. The maximum absolute atomic E-state index is 12.9. The monoisotopic (exact) mass is 431 g/mol. The molecule has 2 aromatic carbocycles. The fourth-order valence-corrected chi connectivity index (χ4v) is 3.99. The number of methoxy groups -OCH3 is 2. The maximum Gasteiger partial charge on any atom is 0.252 e. The quantitative estimate of drug-likeness (QED) is 0.593. The van der Waals surface area contributed by atoms with E-state index in [-0.39, 0.29) is 11.9 Å². The molecule has 1 unspecified atom stereocenters. The Kier molecular flexibility index (Phi) is 5.96. The third kappa shape index (κ3) is 3.92. The van der Waals surface area contributed by atoms with E-state index in [1.54, 1.807) is 37.7 Å². The van der Waals surface area contributed by atoms with E-state index in [0.717, 1.165) is 10.4 Å². The molecule has 134 valence electrons. The summed E-state index contributed by atoms with van der Waals surface area (Å²) in [6.45, 7) is 0. The SMILES string of the molecule is COc1cc(C(=O)NC(c2ccccc2)c2cccs2)cc(OC)c1Br. The summed E-state index contributed by atoms with van der Waals surface area (Å²) in [5.74, 6) is 0.889.